The fourth-order valence-corrected chi connectivity index (χ4v) is 0.715. The van der Waals surface area contributed by atoms with Crippen LogP contribution >= 0.6 is 0 Å². The second kappa shape index (κ2) is 16.3. The summed E-state index contributed by atoms with van der Waals surface area (Å²) >= 11 is 0. The third-order valence-corrected chi connectivity index (χ3v) is 1.26. The van der Waals surface area contributed by atoms with Crippen molar-refractivity contribution in [2.24, 2.45) is 0 Å². The molecule has 0 aliphatic heterocycles. The Morgan fingerprint density at radius 2 is 1.80 bits per heavy atom. The van der Waals surface area contributed by atoms with E-state index >= 15 is 0 Å². The van der Waals surface area contributed by atoms with E-state index in [9.17, 15) is 0 Å². The molecule has 0 radical (unpaired) electrons. The summed E-state index contributed by atoms with van der Waals surface area (Å²) in [5, 5.41) is 0. The minimum absolute atomic E-state index is 0. The van der Waals surface area contributed by atoms with Crippen LogP contribution in [0.25, 0.3) is 0 Å². The SMILES string of the molecule is C=CCCCCCC.N.[BiH3]. The molecule has 0 aliphatic rings. The van der Waals surface area contributed by atoms with E-state index in [1.165, 1.54) is 32.1 Å². The van der Waals surface area contributed by atoms with E-state index in [4.69, 9.17) is 0 Å². The van der Waals surface area contributed by atoms with Gasteiger partial charge in [-0.25, -0.2) is 0 Å². The molecule has 0 aromatic rings. The molecule has 10 heavy (non-hydrogen) atoms. The fraction of sp³-hybridized carbons (Fsp3) is 0.750. The van der Waals surface area contributed by atoms with Gasteiger partial charge in [0, 0.05) is 0 Å². The molecule has 0 rings (SSSR count). The van der Waals surface area contributed by atoms with Gasteiger partial charge in [-0.3, -0.25) is 0 Å². The van der Waals surface area contributed by atoms with Crippen molar-refractivity contribution in [3.63, 3.8) is 0 Å². The molecular weight excluding hydrogens is 319 g/mol. The van der Waals surface area contributed by atoms with Crippen LogP contribution < -0.4 is 6.15 Å². The third-order valence-electron chi connectivity index (χ3n) is 1.26. The first-order valence-corrected chi connectivity index (χ1v) is 3.52. The van der Waals surface area contributed by atoms with E-state index in [-0.39, 0.29) is 32.4 Å². The molecule has 0 heterocycles. The second-order valence-corrected chi connectivity index (χ2v) is 2.14. The summed E-state index contributed by atoms with van der Waals surface area (Å²) in [5.74, 6) is 0. The first-order chi connectivity index (χ1) is 3.91. The predicted molar refractivity (Wildman–Crippen MR) is 53.9 cm³/mol. The molecule has 0 fully saturated rings. The number of allylic oxidation sites excluding steroid dienone is 1. The average molecular weight is 341 g/mol. The summed E-state index contributed by atoms with van der Waals surface area (Å²) < 4.78 is 0. The van der Waals surface area contributed by atoms with E-state index in [0.717, 1.165) is 0 Å². The molecule has 0 saturated heterocycles. The van der Waals surface area contributed by atoms with Gasteiger partial charge in [-0.05, 0) is 12.8 Å². The van der Waals surface area contributed by atoms with Crippen molar-refractivity contribution in [3.8, 4) is 0 Å². The van der Waals surface area contributed by atoms with Crippen LogP contribution in [0.15, 0.2) is 12.7 Å². The fourth-order valence-electron chi connectivity index (χ4n) is 0.715. The van der Waals surface area contributed by atoms with E-state index in [1.54, 1.807) is 0 Å². The van der Waals surface area contributed by atoms with Crippen LogP contribution in [0.2, 0.25) is 0 Å². The van der Waals surface area contributed by atoms with Crippen molar-refractivity contribution in [2.45, 2.75) is 39.0 Å². The maximum absolute atomic E-state index is 3.66. The first kappa shape index (κ1) is 16.9. The molecule has 0 spiro atoms. The third kappa shape index (κ3) is 15.8. The zero-order valence-electron chi connectivity index (χ0n) is 7.23. The zero-order valence-corrected chi connectivity index (χ0v) is 12.7. The normalized spacial score (nSPS) is 7.30. The Balaban J connectivity index is -0.000000245. The van der Waals surface area contributed by atoms with E-state index in [0.29, 0.717) is 0 Å². The Labute approximate surface area is 84.0 Å². The van der Waals surface area contributed by atoms with Crippen molar-refractivity contribution in [1.82, 2.24) is 6.15 Å². The van der Waals surface area contributed by atoms with Gasteiger partial charge in [0.05, 0.1) is 0 Å². The second-order valence-electron chi connectivity index (χ2n) is 2.14. The maximum atomic E-state index is 3.66. The molecule has 2 heteroatoms. The van der Waals surface area contributed by atoms with Gasteiger partial charge in [-0.15, -0.1) is 6.58 Å². The van der Waals surface area contributed by atoms with Crippen molar-refractivity contribution in [1.29, 1.82) is 0 Å². The summed E-state index contributed by atoms with van der Waals surface area (Å²) in [7, 11) is 0. The topological polar surface area (TPSA) is 35.0 Å². The average Bonchev–Trinajstić information content (AvgIpc) is 1.81. The van der Waals surface area contributed by atoms with Crippen LogP contribution in [0.4, 0.5) is 0 Å². The van der Waals surface area contributed by atoms with E-state index in [2.05, 4.69) is 13.5 Å². The molecule has 0 bridgehead atoms. The molecule has 0 aliphatic carbocycles. The minimum atomic E-state index is 0. The predicted octanol–water partition coefficient (Wildman–Crippen LogP) is 2.12. The van der Waals surface area contributed by atoms with Gasteiger partial charge in [0.15, 0.2) is 0 Å². The number of unbranched alkanes of at least 4 members (excludes halogenated alkanes) is 4. The van der Waals surface area contributed by atoms with Crippen molar-refractivity contribution >= 4 is 26.2 Å². The molecule has 0 aromatic heterocycles. The van der Waals surface area contributed by atoms with Crippen LogP contribution in [-0.2, 0) is 0 Å². The van der Waals surface area contributed by atoms with E-state index < -0.39 is 0 Å². The zero-order chi connectivity index (χ0) is 6.24. The van der Waals surface area contributed by atoms with Gasteiger partial charge in [0.25, 0.3) is 0 Å². The van der Waals surface area contributed by atoms with Crippen molar-refractivity contribution in [2.75, 3.05) is 0 Å². The molecule has 0 unspecified atom stereocenters. The van der Waals surface area contributed by atoms with Crippen LogP contribution in [0.3, 0.4) is 0 Å². The Morgan fingerprint density at radius 3 is 2.20 bits per heavy atom. The molecule has 1 nitrogen and oxygen atoms in total. The Bertz CT molecular complexity index is 55.2. The molecule has 0 amide bonds. The summed E-state index contributed by atoms with van der Waals surface area (Å²) in [6.45, 7) is 5.89. The summed E-state index contributed by atoms with van der Waals surface area (Å²) in [6, 6.07) is 0. The molecule has 64 valence electrons. The summed E-state index contributed by atoms with van der Waals surface area (Å²) in [5.41, 5.74) is 0. The van der Waals surface area contributed by atoms with Gasteiger partial charge >= 0.3 is 26.2 Å². The van der Waals surface area contributed by atoms with Gasteiger partial charge < -0.3 is 6.15 Å². The molecule has 0 aromatic carbocycles. The standard InChI is InChI=1S/C8H16.Bi.H3N.3H/c1-3-5-7-8-6-4-2;;;;;/h3H,1,4-8H2,2H3;;1H3;;;. The van der Waals surface area contributed by atoms with E-state index in [1.807, 2.05) is 6.08 Å². The number of hydrogen-bond donors (Lipinski definition) is 1. The van der Waals surface area contributed by atoms with Crippen LogP contribution in [-0.4, -0.2) is 26.2 Å². The van der Waals surface area contributed by atoms with Gasteiger partial charge in [-0.1, -0.05) is 32.3 Å². The molecule has 0 saturated carbocycles. The van der Waals surface area contributed by atoms with Gasteiger partial charge in [0.2, 0.25) is 0 Å². The number of hydrogen-bond acceptors (Lipinski definition) is 1. The van der Waals surface area contributed by atoms with Crippen molar-refractivity contribution in [3.05, 3.63) is 12.7 Å². The van der Waals surface area contributed by atoms with Crippen LogP contribution in [0.5, 0.6) is 0 Å². The van der Waals surface area contributed by atoms with Gasteiger partial charge in [0.1, 0.15) is 0 Å². The Hall–Kier alpha value is 0.583. The molecule has 0 atom stereocenters. The quantitative estimate of drug-likeness (QED) is 0.464. The first-order valence-electron chi connectivity index (χ1n) is 3.52. The number of rotatable bonds is 5. The Morgan fingerprint density at radius 1 is 1.20 bits per heavy atom. The van der Waals surface area contributed by atoms with Crippen LogP contribution in [0, 0.1) is 0 Å². The Kier molecular flexibility index (Phi) is 27.5. The van der Waals surface area contributed by atoms with Crippen LogP contribution in [0.1, 0.15) is 39.0 Å². The summed E-state index contributed by atoms with van der Waals surface area (Å²) in [4.78, 5) is 0. The monoisotopic (exact) mass is 341 g/mol. The van der Waals surface area contributed by atoms with Crippen molar-refractivity contribution < 1.29 is 0 Å². The van der Waals surface area contributed by atoms with Gasteiger partial charge in [-0.2, -0.15) is 0 Å². The molecule has 3 N–H and O–H groups in total. The summed E-state index contributed by atoms with van der Waals surface area (Å²) in [6.07, 6.45) is 8.61. The molecular formula is C8H22BiN.